The molecule has 242 valence electrons. The lowest BCUT2D eigenvalue weighted by atomic mass is 10.0. The molecule has 0 bridgehead atoms. The van der Waals surface area contributed by atoms with Crippen LogP contribution in [0, 0.1) is 0 Å². The molecular formula is C36H74Cl2OSi. The molecule has 0 saturated heterocycles. The van der Waals surface area contributed by atoms with Gasteiger partial charge in [0.2, 0.25) is 6.69 Å². The third-order valence-electron chi connectivity index (χ3n) is 8.77. The van der Waals surface area contributed by atoms with Gasteiger partial charge in [-0.2, -0.15) is 0 Å². The molecule has 0 aromatic heterocycles. The lowest BCUT2D eigenvalue weighted by molar-refractivity contribution is 0.282. The largest absolute Gasteiger partial charge is 0.396 e. The van der Waals surface area contributed by atoms with Crippen LogP contribution in [0.15, 0.2) is 0 Å². The molecule has 0 rings (SSSR count). The molecule has 0 saturated carbocycles. The Balaban J connectivity index is 3.04. The molecule has 0 heterocycles. The highest BCUT2D eigenvalue weighted by molar-refractivity contribution is 7.44. The summed E-state index contributed by atoms with van der Waals surface area (Å²) in [6, 6.07) is 1.06. The van der Waals surface area contributed by atoms with Crippen molar-refractivity contribution in [3.8, 4) is 0 Å². The fourth-order valence-electron chi connectivity index (χ4n) is 6.03. The first-order chi connectivity index (χ1) is 19.6. The summed E-state index contributed by atoms with van der Waals surface area (Å²) in [6.07, 6.45) is 46.7. The van der Waals surface area contributed by atoms with E-state index in [1.807, 2.05) is 6.55 Å². The first kappa shape index (κ1) is 40.8. The van der Waals surface area contributed by atoms with E-state index in [1.165, 1.54) is 205 Å². The molecule has 0 fully saturated rings. The Hall–Kier alpha value is 0.757. The lowest BCUT2D eigenvalue weighted by Crippen LogP contribution is -2.11. The van der Waals surface area contributed by atoms with Gasteiger partial charge in [-0.15, -0.1) is 22.2 Å². The Labute approximate surface area is 264 Å². The predicted molar refractivity (Wildman–Crippen MR) is 188 cm³/mol. The van der Waals surface area contributed by atoms with E-state index in [-0.39, 0.29) is 0 Å². The summed E-state index contributed by atoms with van der Waals surface area (Å²) in [5, 5.41) is 8.79. The summed E-state index contributed by atoms with van der Waals surface area (Å²) in [7, 11) is 0. The fraction of sp³-hybridized carbons (Fsp3) is 1.00. The summed E-state index contributed by atoms with van der Waals surface area (Å²) >= 11 is 12.3. The zero-order valence-corrected chi connectivity index (χ0v) is 30.0. The minimum absolute atomic E-state index is 0.371. The van der Waals surface area contributed by atoms with E-state index >= 15 is 0 Å². The average molecular weight is 622 g/mol. The van der Waals surface area contributed by atoms with Gasteiger partial charge in [-0.25, -0.2) is 0 Å². The van der Waals surface area contributed by atoms with Gasteiger partial charge in [0.1, 0.15) is 0 Å². The summed E-state index contributed by atoms with van der Waals surface area (Å²) in [6.45, 7) is 0.568. The van der Waals surface area contributed by atoms with Crippen molar-refractivity contribution in [1.29, 1.82) is 0 Å². The van der Waals surface area contributed by atoms with Crippen LogP contribution < -0.4 is 0 Å². The van der Waals surface area contributed by atoms with E-state index in [0.717, 1.165) is 12.5 Å². The van der Waals surface area contributed by atoms with Crippen molar-refractivity contribution in [1.82, 2.24) is 0 Å². The van der Waals surface area contributed by atoms with E-state index in [1.54, 1.807) is 0 Å². The van der Waals surface area contributed by atoms with Crippen LogP contribution in [-0.2, 0) is 0 Å². The summed E-state index contributed by atoms with van der Waals surface area (Å²) in [5.74, 6) is 0. The highest BCUT2D eigenvalue weighted by Gasteiger charge is 2.19. The van der Waals surface area contributed by atoms with Gasteiger partial charge in [-0.3, -0.25) is 0 Å². The van der Waals surface area contributed by atoms with Gasteiger partial charge in [0.05, 0.1) is 0 Å². The van der Waals surface area contributed by atoms with Gasteiger partial charge < -0.3 is 5.11 Å². The van der Waals surface area contributed by atoms with E-state index in [0.29, 0.717) is 6.61 Å². The van der Waals surface area contributed by atoms with Crippen LogP contribution in [-0.4, -0.2) is 18.4 Å². The molecule has 0 aliphatic rings. The zero-order valence-electron chi connectivity index (χ0n) is 27.5. The standard InChI is InChI=1S/C36H74Cl2OSi/c1-40(37,38)36-34-32-30-28-26-24-22-20-18-16-14-12-10-8-6-4-2-3-5-7-9-11-13-15-17-19-21-23-25-27-29-31-33-35-39/h39H,2-36H2,1H3. The van der Waals surface area contributed by atoms with Gasteiger partial charge >= 0.3 is 0 Å². The highest BCUT2D eigenvalue weighted by Crippen LogP contribution is 2.23. The maximum Gasteiger partial charge on any atom is 0.248 e. The number of rotatable bonds is 35. The Kier molecular flexibility index (Phi) is 34.9. The summed E-state index contributed by atoms with van der Waals surface area (Å²) in [4.78, 5) is 0. The Bertz CT molecular complexity index is 455. The quantitative estimate of drug-likeness (QED) is 0.0424. The molecule has 0 aromatic carbocycles. The molecule has 0 atom stereocenters. The lowest BCUT2D eigenvalue weighted by Gasteiger charge is -2.09. The van der Waals surface area contributed by atoms with Crippen molar-refractivity contribution in [2.75, 3.05) is 6.61 Å². The van der Waals surface area contributed by atoms with Gasteiger partial charge in [0.25, 0.3) is 0 Å². The van der Waals surface area contributed by atoms with E-state index in [9.17, 15) is 0 Å². The smallest absolute Gasteiger partial charge is 0.248 e. The Morgan fingerprint density at radius 3 is 0.600 bits per heavy atom. The normalized spacial score (nSPS) is 12.0. The minimum Gasteiger partial charge on any atom is -0.396 e. The van der Waals surface area contributed by atoms with E-state index in [4.69, 9.17) is 27.3 Å². The molecule has 0 aliphatic heterocycles. The van der Waals surface area contributed by atoms with Gasteiger partial charge in [-0.1, -0.05) is 205 Å². The van der Waals surface area contributed by atoms with Crippen LogP contribution >= 0.6 is 22.2 Å². The SMILES string of the molecule is C[Si](Cl)(Cl)CCCCCCCCCCCCCCCCCCCCCCCCCCCCCCCCCCCO. The third-order valence-corrected chi connectivity index (χ3v) is 11.1. The molecular weight excluding hydrogens is 547 g/mol. The second-order valence-electron chi connectivity index (χ2n) is 13.2. The van der Waals surface area contributed by atoms with Crippen LogP contribution in [0.4, 0.5) is 0 Å². The molecule has 0 amide bonds. The molecule has 40 heavy (non-hydrogen) atoms. The molecule has 1 nitrogen and oxygen atoms in total. The van der Waals surface area contributed by atoms with Crippen molar-refractivity contribution in [3.05, 3.63) is 0 Å². The number of halogens is 2. The average Bonchev–Trinajstić information content (AvgIpc) is 2.92. The van der Waals surface area contributed by atoms with Gasteiger partial charge in [0, 0.05) is 6.61 Å². The second kappa shape index (κ2) is 34.2. The van der Waals surface area contributed by atoms with Crippen molar-refractivity contribution in [2.24, 2.45) is 0 Å². The topological polar surface area (TPSA) is 20.2 Å². The summed E-state index contributed by atoms with van der Waals surface area (Å²) in [5.41, 5.74) is 0. The molecule has 0 radical (unpaired) electrons. The third kappa shape index (κ3) is 38.8. The van der Waals surface area contributed by atoms with Crippen LogP contribution in [0.2, 0.25) is 12.6 Å². The maximum atomic E-state index is 8.79. The Morgan fingerprint density at radius 2 is 0.450 bits per heavy atom. The van der Waals surface area contributed by atoms with Gasteiger partial charge in [0.15, 0.2) is 0 Å². The van der Waals surface area contributed by atoms with Crippen LogP contribution in [0.5, 0.6) is 0 Å². The molecule has 0 aliphatic carbocycles. The Morgan fingerprint density at radius 1 is 0.300 bits per heavy atom. The highest BCUT2D eigenvalue weighted by atomic mass is 35.7. The van der Waals surface area contributed by atoms with Crippen LogP contribution in [0.1, 0.15) is 212 Å². The number of aliphatic hydroxyl groups excluding tert-OH is 1. The predicted octanol–water partition coefficient (Wildman–Crippen LogP) is 14.4. The van der Waals surface area contributed by atoms with Crippen LogP contribution in [0.3, 0.4) is 0 Å². The monoisotopic (exact) mass is 620 g/mol. The first-order valence-corrected chi connectivity index (χ1v) is 23.3. The minimum atomic E-state index is -1.84. The fourth-order valence-corrected chi connectivity index (χ4v) is 7.70. The number of unbranched alkanes of at least 4 members (excludes halogenated alkanes) is 32. The molecule has 4 heteroatoms. The summed E-state index contributed by atoms with van der Waals surface area (Å²) < 4.78 is 0. The number of hydrogen-bond donors (Lipinski definition) is 1. The molecule has 0 aromatic rings. The molecule has 1 N–H and O–H groups in total. The van der Waals surface area contributed by atoms with Crippen LogP contribution in [0.25, 0.3) is 0 Å². The van der Waals surface area contributed by atoms with E-state index < -0.39 is 6.69 Å². The van der Waals surface area contributed by atoms with Crippen molar-refractivity contribution in [3.63, 3.8) is 0 Å². The number of aliphatic hydroxyl groups is 1. The number of hydrogen-bond acceptors (Lipinski definition) is 1. The van der Waals surface area contributed by atoms with Crippen molar-refractivity contribution >= 4 is 28.9 Å². The molecule has 0 spiro atoms. The zero-order chi connectivity index (χ0) is 29.2. The van der Waals surface area contributed by atoms with Gasteiger partial charge in [-0.05, 0) is 19.0 Å². The first-order valence-electron chi connectivity index (χ1n) is 18.5. The van der Waals surface area contributed by atoms with E-state index in [2.05, 4.69) is 0 Å². The molecule has 0 unspecified atom stereocenters. The van der Waals surface area contributed by atoms with Crippen molar-refractivity contribution in [2.45, 2.75) is 224 Å². The second-order valence-corrected chi connectivity index (χ2v) is 21.4. The van der Waals surface area contributed by atoms with Crippen molar-refractivity contribution < 1.29 is 5.11 Å². The maximum absolute atomic E-state index is 8.79.